The van der Waals surface area contributed by atoms with E-state index >= 15 is 0 Å². The second-order valence-electron chi connectivity index (χ2n) is 11.1. The summed E-state index contributed by atoms with van der Waals surface area (Å²) in [7, 11) is 0. The summed E-state index contributed by atoms with van der Waals surface area (Å²) in [5.74, 6) is -3.25. The Hall–Kier alpha value is -3.07. The minimum absolute atomic E-state index is 0.460. The Bertz CT molecular complexity index is 1200. The second-order valence-corrected chi connectivity index (χ2v) is 11.1. The van der Waals surface area contributed by atoms with E-state index in [1.165, 1.54) is 95.7 Å². The van der Waals surface area contributed by atoms with Crippen molar-refractivity contribution >= 4 is 23.4 Å². The van der Waals surface area contributed by atoms with E-state index in [1.54, 1.807) is 0 Å². The summed E-state index contributed by atoms with van der Waals surface area (Å²) in [5, 5.41) is 14.2. The van der Waals surface area contributed by atoms with Gasteiger partial charge in [-0.15, -0.1) is 0 Å². The Kier molecular flexibility index (Phi) is 9.91. The molecule has 0 aromatic carbocycles. The van der Waals surface area contributed by atoms with Gasteiger partial charge in [0.1, 0.15) is 11.5 Å². The van der Waals surface area contributed by atoms with Crippen LogP contribution in [0.2, 0.25) is 0 Å². The van der Waals surface area contributed by atoms with E-state index in [0.29, 0.717) is 6.04 Å². The molecule has 42 heavy (non-hydrogen) atoms. The minimum Gasteiger partial charge on any atom is -0.475 e. The SMILES string of the molecule is O=C(O)C(F)(F)F.O=C(O)C(F)(F)F.c1cc(N2CCCC2)n2cc(C3CN(C4CCC4)CCN3CC3CC3)nc2c1. The number of imidazole rings is 1. The van der Waals surface area contributed by atoms with Crippen LogP contribution in [0.4, 0.5) is 32.2 Å². The number of carboxylic acids is 2. The molecule has 2 N–H and O–H groups in total. The van der Waals surface area contributed by atoms with E-state index in [1.807, 2.05) is 0 Å². The maximum Gasteiger partial charge on any atom is 0.490 e. The Labute approximate surface area is 238 Å². The number of halogens is 6. The molecule has 234 valence electrons. The van der Waals surface area contributed by atoms with Gasteiger partial charge in [0.2, 0.25) is 0 Å². The third-order valence-corrected chi connectivity index (χ3v) is 8.05. The number of carboxylic acid groups (broad SMARTS) is 2. The summed E-state index contributed by atoms with van der Waals surface area (Å²) >= 11 is 0. The third-order valence-electron chi connectivity index (χ3n) is 8.05. The highest BCUT2D eigenvalue weighted by Crippen LogP contribution is 2.37. The fourth-order valence-electron chi connectivity index (χ4n) is 5.44. The zero-order valence-corrected chi connectivity index (χ0v) is 22.9. The van der Waals surface area contributed by atoms with Crippen molar-refractivity contribution in [3.8, 4) is 0 Å². The van der Waals surface area contributed by atoms with Gasteiger partial charge in [0.25, 0.3) is 0 Å². The van der Waals surface area contributed by atoms with Crippen molar-refractivity contribution in [3.05, 3.63) is 30.1 Å². The molecule has 6 rings (SSSR count). The van der Waals surface area contributed by atoms with Crippen LogP contribution in [0.1, 0.15) is 56.7 Å². The molecule has 9 nitrogen and oxygen atoms in total. The molecule has 2 aromatic heterocycles. The van der Waals surface area contributed by atoms with Gasteiger partial charge in [-0.3, -0.25) is 14.2 Å². The van der Waals surface area contributed by atoms with Gasteiger partial charge < -0.3 is 15.1 Å². The van der Waals surface area contributed by atoms with Crippen LogP contribution in [0, 0.1) is 5.92 Å². The number of piperazine rings is 1. The van der Waals surface area contributed by atoms with Gasteiger partial charge in [0.15, 0.2) is 0 Å². The molecule has 0 amide bonds. The van der Waals surface area contributed by atoms with Crippen LogP contribution in [-0.4, -0.2) is 99.0 Å². The summed E-state index contributed by atoms with van der Waals surface area (Å²) in [6.45, 7) is 7.26. The second kappa shape index (κ2) is 13.1. The van der Waals surface area contributed by atoms with Crippen molar-refractivity contribution in [3.63, 3.8) is 0 Å². The zero-order chi connectivity index (χ0) is 30.7. The van der Waals surface area contributed by atoms with Crippen molar-refractivity contribution in [1.82, 2.24) is 19.2 Å². The Morgan fingerprint density at radius 3 is 1.95 bits per heavy atom. The molecule has 2 aliphatic heterocycles. The molecule has 1 unspecified atom stereocenters. The first-order chi connectivity index (χ1) is 19.7. The number of carbonyl (C=O) groups is 2. The summed E-state index contributed by atoms with van der Waals surface area (Å²) in [6, 6.07) is 7.93. The number of anilines is 1. The van der Waals surface area contributed by atoms with Crippen LogP contribution in [0.15, 0.2) is 24.4 Å². The number of alkyl halides is 6. The molecule has 4 aliphatic rings. The van der Waals surface area contributed by atoms with E-state index in [4.69, 9.17) is 24.8 Å². The van der Waals surface area contributed by atoms with Crippen LogP contribution in [0.25, 0.3) is 5.65 Å². The van der Waals surface area contributed by atoms with Gasteiger partial charge in [-0.1, -0.05) is 12.5 Å². The normalized spacial score (nSPS) is 22.1. The van der Waals surface area contributed by atoms with E-state index < -0.39 is 24.3 Å². The molecule has 2 aromatic rings. The largest absolute Gasteiger partial charge is 0.490 e. The highest BCUT2D eigenvalue weighted by atomic mass is 19.4. The van der Waals surface area contributed by atoms with Gasteiger partial charge in [0, 0.05) is 51.5 Å². The molecule has 2 saturated carbocycles. The molecular formula is C27H35F6N5O4. The van der Waals surface area contributed by atoms with E-state index in [0.717, 1.165) is 17.6 Å². The quantitative estimate of drug-likeness (QED) is 0.467. The lowest BCUT2D eigenvalue weighted by Gasteiger charge is -2.46. The van der Waals surface area contributed by atoms with Crippen molar-refractivity contribution in [2.24, 2.45) is 5.92 Å². The van der Waals surface area contributed by atoms with E-state index in [-0.39, 0.29) is 0 Å². The summed E-state index contributed by atoms with van der Waals surface area (Å²) < 4.78 is 65.8. The fraction of sp³-hybridized carbons (Fsp3) is 0.667. The van der Waals surface area contributed by atoms with E-state index in [9.17, 15) is 26.3 Å². The standard InChI is InChI=1S/C23H33N5.2C2HF3O2/c1-2-12-25(11-1)23-8-4-7-22-24-20(16-28(22)23)21-17-26(19-5-3-6-19)13-14-27(21)15-18-9-10-18;2*3-2(4,5)1(6)7/h4,7-8,16,18-19,21H,1-3,5-6,9-15,17H2;2*(H,6,7). The maximum atomic E-state index is 10.6. The molecular weight excluding hydrogens is 572 g/mol. The lowest BCUT2D eigenvalue weighted by molar-refractivity contribution is -0.193. The topological polar surface area (TPSA) is 102 Å². The lowest BCUT2D eigenvalue weighted by atomic mass is 9.90. The smallest absolute Gasteiger partial charge is 0.475 e. The molecule has 0 radical (unpaired) electrons. The summed E-state index contributed by atoms with van der Waals surface area (Å²) in [4.78, 5) is 31.0. The van der Waals surface area contributed by atoms with Crippen LogP contribution in [0.3, 0.4) is 0 Å². The van der Waals surface area contributed by atoms with Gasteiger partial charge in [0.05, 0.1) is 11.7 Å². The first-order valence-electron chi connectivity index (χ1n) is 14.1. The summed E-state index contributed by atoms with van der Waals surface area (Å²) in [6.07, 6.45) is 1.90. The number of fused-ring (bicyclic) bond motifs is 1. The molecule has 2 saturated heterocycles. The van der Waals surface area contributed by atoms with Crippen molar-refractivity contribution in [2.45, 2.75) is 69.4 Å². The Morgan fingerprint density at radius 2 is 1.45 bits per heavy atom. The van der Waals surface area contributed by atoms with Gasteiger partial charge in [-0.05, 0) is 56.6 Å². The van der Waals surface area contributed by atoms with Crippen LogP contribution < -0.4 is 4.90 Å². The highest BCUT2D eigenvalue weighted by molar-refractivity contribution is 5.73. The predicted molar refractivity (Wildman–Crippen MR) is 140 cm³/mol. The molecule has 2 aliphatic carbocycles. The maximum absolute atomic E-state index is 10.6. The average Bonchev–Trinajstić information content (AvgIpc) is 3.34. The molecule has 15 heteroatoms. The number of hydrogen-bond acceptors (Lipinski definition) is 6. The zero-order valence-electron chi connectivity index (χ0n) is 22.9. The Balaban J connectivity index is 0.000000243. The van der Waals surface area contributed by atoms with Crippen molar-refractivity contribution in [2.75, 3.05) is 44.2 Å². The van der Waals surface area contributed by atoms with Crippen molar-refractivity contribution < 1.29 is 46.1 Å². The van der Waals surface area contributed by atoms with Crippen molar-refractivity contribution in [1.29, 1.82) is 0 Å². The summed E-state index contributed by atoms with van der Waals surface area (Å²) in [5.41, 5.74) is 2.41. The van der Waals surface area contributed by atoms with Gasteiger partial charge in [-0.25, -0.2) is 14.6 Å². The molecule has 0 spiro atoms. The number of rotatable bonds is 5. The number of aromatic nitrogens is 2. The molecule has 1 atom stereocenters. The minimum atomic E-state index is -5.08. The average molecular weight is 608 g/mol. The number of hydrogen-bond donors (Lipinski definition) is 2. The molecule has 4 heterocycles. The fourth-order valence-corrected chi connectivity index (χ4v) is 5.44. The number of pyridine rings is 1. The first kappa shape index (κ1) is 31.9. The first-order valence-corrected chi connectivity index (χ1v) is 14.1. The number of nitrogens with zero attached hydrogens (tertiary/aromatic N) is 5. The van der Waals surface area contributed by atoms with Crippen LogP contribution in [0.5, 0.6) is 0 Å². The highest BCUT2D eigenvalue weighted by Gasteiger charge is 2.39. The van der Waals surface area contributed by atoms with E-state index in [2.05, 4.69) is 43.5 Å². The van der Waals surface area contributed by atoms with Crippen LogP contribution >= 0.6 is 0 Å². The lowest BCUT2D eigenvalue weighted by Crippen LogP contribution is -2.53. The Morgan fingerprint density at radius 1 is 0.857 bits per heavy atom. The number of aliphatic carboxylic acids is 2. The van der Waals surface area contributed by atoms with Gasteiger partial charge in [-0.2, -0.15) is 26.3 Å². The van der Waals surface area contributed by atoms with Gasteiger partial charge >= 0.3 is 24.3 Å². The third kappa shape index (κ3) is 8.27. The predicted octanol–water partition coefficient (Wildman–Crippen LogP) is 4.82. The monoisotopic (exact) mass is 607 g/mol. The van der Waals surface area contributed by atoms with Crippen LogP contribution in [-0.2, 0) is 9.59 Å². The molecule has 0 bridgehead atoms. The molecule has 4 fully saturated rings.